The van der Waals surface area contributed by atoms with E-state index in [4.69, 9.17) is 0 Å². The van der Waals surface area contributed by atoms with E-state index in [1.54, 1.807) is 0 Å². The van der Waals surface area contributed by atoms with Gasteiger partial charge in [0.25, 0.3) is 5.56 Å². The van der Waals surface area contributed by atoms with Crippen LogP contribution in [0.25, 0.3) is 10.9 Å². The molecule has 0 saturated carbocycles. The van der Waals surface area contributed by atoms with Gasteiger partial charge in [-0.2, -0.15) is 0 Å². The molecule has 122 valence electrons. The molecule has 1 aromatic heterocycles. The number of pyridine rings is 1. The molecule has 0 amide bonds. The molecule has 0 aliphatic carbocycles. The van der Waals surface area contributed by atoms with E-state index >= 15 is 0 Å². The van der Waals surface area contributed by atoms with Crippen LogP contribution >= 0.6 is 0 Å². The van der Waals surface area contributed by atoms with Crippen molar-refractivity contribution in [1.82, 2.24) is 4.57 Å². The zero-order chi connectivity index (χ0) is 16.5. The zero-order valence-corrected chi connectivity index (χ0v) is 14.0. The number of aryl methyl sites for hydroxylation is 2. The quantitative estimate of drug-likeness (QED) is 0.785. The molecule has 0 bridgehead atoms. The first kappa shape index (κ1) is 15.0. The second kappa shape index (κ2) is 6.16. The Morgan fingerprint density at radius 2 is 1.92 bits per heavy atom. The molecule has 2 heterocycles. The van der Waals surface area contributed by atoms with E-state index in [0.29, 0.717) is 0 Å². The maximum atomic E-state index is 13.0. The Morgan fingerprint density at radius 3 is 2.71 bits per heavy atom. The van der Waals surface area contributed by atoms with Crippen LogP contribution in [-0.2, 0) is 25.9 Å². The first-order valence-corrected chi connectivity index (χ1v) is 8.74. The van der Waals surface area contributed by atoms with Crippen molar-refractivity contribution < 1.29 is 0 Å². The molecular weight excluding hydrogens is 296 g/mol. The van der Waals surface area contributed by atoms with E-state index in [9.17, 15) is 4.79 Å². The minimum atomic E-state index is 0.174. The minimum Gasteiger partial charge on any atom is -0.380 e. The second-order valence-electron chi connectivity index (χ2n) is 6.42. The number of benzene rings is 2. The third-order valence-electron chi connectivity index (χ3n) is 4.96. The average molecular weight is 318 g/mol. The molecule has 3 heteroatoms. The highest BCUT2D eigenvalue weighted by atomic mass is 16.1. The molecule has 0 fully saturated rings. The second-order valence-corrected chi connectivity index (χ2v) is 6.42. The van der Waals surface area contributed by atoms with Crippen molar-refractivity contribution in [3.63, 3.8) is 0 Å². The highest BCUT2D eigenvalue weighted by Crippen LogP contribution is 2.31. The predicted molar refractivity (Wildman–Crippen MR) is 99.7 cm³/mol. The Balaban J connectivity index is 1.88. The molecule has 1 aliphatic heterocycles. The number of rotatable bonds is 4. The summed E-state index contributed by atoms with van der Waals surface area (Å²) in [6.45, 7) is 3.63. The van der Waals surface area contributed by atoms with Gasteiger partial charge in [-0.15, -0.1) is 0 Å². The molecular formula is C21H22N2O. The van der Waals surface area contributed by atoms with Gasteiger partial charge in [-0.1, -0.05) is 55.5 Å². The van der Waals surface area contributed by atoms with Crippen LogP contribution in [0.4, 0.5) is 5.69 Å². The van der Waals surface area contributed by atoms with Gasteiger partial charge in [-0.25, -0.2) is 0 Å². The van der Waals surface area contributed by atoms with Crippen molar-refractivity contribution in [2.24, 2.45) is 0 Å². The molecule has 0 unspecified atom stereocenters. The molecule has 0 spiro atoms. The Labute approximate surface area is 141 Å². The summed E-state index contributed by atoms with van der Waals surface area (Å²) in [6, 6.07) is 16.7. The summed E-state index contributed by atoms with van der Waals surface area (Å²) < 4.78 is 1.99. The molecule has 4 rings (SSSR count). The summed E-state index contributed by atoms with van der Waals surface area (Å²) in [5, 5.41) is 4.73. The van der Waals surface area contributed by atoms with Gasteiger partial charge in [0.1, 0.15) is 0 Å². The third kappa shape index (κ3) is 2.41. The lowest BCUT2D eigenvalue weighted by molar-refractivity contribution is 0.612. The van der Waals surface area contributed by atoms with Crippen LogP contribution in [-0.4, -0.2) is 4.57 Å². The van der Waals surface area contributed by atoms with Gasteiger partial charge < -0.3 is 9.88 Å². The van der Waals surface area contributed by atoms with Gasteiger partial charge in [0.2, 0.25) is 0 Å². The lowest BCUT2D eigenvalue weighted by Crippen LogP contribution is -2.28. The van der Waals surface area contributed by atoms with Crippen molar-refractivity contribution >= 4 is 16.6 Å². The van der Waals surface area contributed by atoms with Gasteiger partial charge >= 0.3 is 0 Å². The molecule has 3 nitrogen and oxygen atoms in total. The Hall–Kier alpha value is -2.55. The summed E-state index contributed by atoms with van der Waals surface area (Å²) in [6.07, 6.45) is 2.85. The SMILES string of the molecule is CCc1c(NCc2ccccc2)c2cccc3c2n(c1=O)CCC3. The fourth-order valence-corrected chi connectivity index (χ4v) is 3.80. The predicted octanol–water partition coefficient (Wildman–Crippen LogP) is 4.12. The highest BCUT2D eigenvalue weighted by molar-refractivity contribution is 5.95. The fourth-order valence-electron chi connectivity index (χ4n) is 3.80. The van der Waals surface area contributed by atoms with Crippen LogP contribution in [0.3, 0.4) is 0 Å². The summed E-state index contributed by atoms with van der Waals surface area (Å²) in [5.41, 5.74) is 5.73. The Bertz CT molecular complexity index is 941. The Morgan fingerprint density at radius 1 is 1.08 bits per heavy atom. The van der Waals surface area contributed by atoms with Crippen molar-refractivity contribution in [2.75, 3.05) is 5.32 Å². The van der Waals surface area contributed by atoms with Crippen molar-refractivity contribution in [3.8, 4) is 0 Å². The average Bonchev–Trinajstić information content (AvgIpc) is 2.64. The number of nitrogens with one attached hydrogen (secondary N) is 1. The smallest absolute Gasteiger partial charge is 0.256 e. The number of nitrogens with zero attached hydrogens (tertiary/aromatic N) is 1. The van der Waals surface area contributed by atoms with Crippen LogP contribution in [0.15, 0.2) is 53.3 Å². The highest BCUT2D eigenvalue weighted by Gasteiger charge is 2.20. The molecule has 0 saturated heterocycles. The van der Waals surface area contributed by atoms with Gasteiger partial charge in [-0.3, -0.25) is 4.79 Å². The molecule has 1 aliphatic rings. The zero-order valence-electron chi connectivity index (χ0n) is 14.0. The van der Waals surface area contributed by atoms with E-state index in [1.807, 2.05) is 22.8 Å². The molecule has 1 N–H and O–H groups in total. The largest absolute Gasteiger partial charge is 0.380 e. The van der Waals surface area contributed by atoms with Crippen LogP contribution < -0.4 is 10.9 Å². The lowest BCUT2D eigenvalue weighted by atomic mass is 9.97. The number of aromatic nitrogens is 1. The van der Waals surface area contributed by atoms with Gasteiger partial charge in [-0.05, 0) is 30.4 Å². The van der Waals surface area contributed by atoms with E-state index in [1.165, 1.54) is 16.5 Å². The Kier molecular flexibility index (Phi) is 3.85. The van der Waals surface area contributed by atoms with E-state index in [-0.39, 0.29) is 5.56 Å². The number of anilines is 1. The van der Waals surface area contributed by atoms with E-state index in [0.717, 1.165) is 49.1 Å². The third-order valence-corrected chi connectivity index (χ3v) is 4.96. The molecule has 2 aromatic carbocycles. The first-order valence-electron chi connectivity index (χ1n) is 8.74. The number of hydrogen-bond donors (Lipinski definition) is 1. The molecule has 0 atom stereocenters. The topological polar surface area (TPSA) is 34.0 Å². The summed E-state index contributed by atoms with van der Waals surface area (Å²) >= 11 is 0. The van der Waals surface area contributed by atoms with Gasteiger partial charge in [0.15, 0.2) is 0 Å². The van der Waals surface area contributed by atoms with Crippen LogP contribution in [0.1, 0.15) is 30.0 Å². The standard InChI is InChI=1S/C21H22N2O/c1-2-17-19(22-14-15-8-4-3-5-9-15)18-12-6-10-16-11-7-13-23(20(16)18)21(17)24/h3-6,8-10,12,22H,2,7,11,13-14H2,1H3. The van der Waals surface area contributed by atoms with Gasteiger partial charge in [0.05, 0.1) is 11.2 Å². The van der Waals surface area contributed by atoms with E-state index in [2.05, 4.69) is 42.6 Å². The van der Waals surface area contributed by atoms with Crippen LogP contribution in [0.2, 0.25) is 0 Å². The number of hydrogen-bond acceptors (Lipinski definition) is 2. The van der Waals surface area contributed by atoms with Crippen LogP contribution in [0.5, 0.6) is 0 Å². The fraction of sp³-hybridized carbons (Fsp3) is 0.286. The monoisotopic (exact) mass is 318 g/mol. The number of para-hydroxylation sites is 1. The first-order chi connectivity index (χ1) is 11.8. The maximum absolute atomic E-state index is 13.0. The maximum Gasteiger partial charge on any atom is 0.256 e. The summed E-state index contributed by atoms with van der Waals surface area (Å²) in [4.78, 5) is 13.0. The van der Waals surface area contributed by atoms with Crippen molar-refractivity contribution in [2.45, 2.75) is 39.3 Å². The summed E-state index contributed by atoms with van der Waals surface area (Å²) in [5.74, 6) is 0. The molecule has 3 aromatic rings. The van der Waals surface area contributed by atoms with Crippen molar-refractivity contribution in [3.05, 3.63) is 75.6 Å². The summed E-state index contributed by atoms with van der Waals surface area (Å²) in [7, 11) is 0. The van der Waals surface area contributed by atoms with Gasteiger partial charge in [0, 0.05) is 24.0 Å². The van der Waals surface area contributed by atoms with Crippen molar-refractivity contribution in [1.29, 1.82) is 0 Å². The molecule has 24 heavy (non-hydrogen) atoms. The minimum absolute atomic E-state index is 0.174. The van der Waals surface area contributed by atoms with Crippen LogP contribution in [0, 0.1) is 0 Å². The lowest BCUT2D eigenvalue weighted by Gasteiger charge is -2.23. The van der Waals surface area contributed by atoms with E-state index < -0.39 is 0 Å². The molecule has 0 radical (unpaired) electrons. The normalized spacial score (nSPS) is 13.2.